The maximum absolute atomic E-state index is 5.39. The fourth-order valence-corrected chi connectivity index (χ4v) is 2.94. The second-order valence-electron chi connectivity index (χ2n) is 5.42. The Morgan fingerprint density at radius 2 is 1.76 bits per heavy atom. The highest BCUT2D eigenvalue weighted by atomic mass is 32.2. The highest BCUT2D eigenvalue weighted by Crippen LogP contribution is 2.34. The molecule has 21 heavy (non-hydrogen) atoms. The third-order valence-corrected chi connectivity index (χ3v) is 4.17. The monoisotopic (exact) mass is 301 g/mol. The minimum Gasteiger partial charge on any atom is -0.496 e. The number of benzene rings is 2. The molecule has 1 N–H and O–H groups in total. The Balaban J connectivity index is 1.96. The molecule has 3 heteroatoms. The third kappa shape index (κ3) is 5.10. The molecule has 0 saturated heterocycles. The molecule has 0 aliphatic heterocycles. The van der Waals surface area contributed by atoms with Crippen molar-refractivity contribution in [1.29, 1.82) is 0 Å². The molecule has 2 aromatic rings. The van der Waals surface area contributed by atoms with Crippen molar-refractivity contribution in [2.24, 2.45) is 5.92 Å². The molecule has 2 nitrogen and oxygen atoms in total. The molecule has 2 rings (SSSR count). The van der Waals surface area contributed by atoms with Crippen LogP contribution in [0.25, 0.3) is 0 Å². The Labute approximate surface area is 131 Å². The molecular weight excluding hydrogens is 278 g/mol. The van der Waals surface area contributed by atoms with Gasteiger partial charge in [-0.1, -0.05) is 49.9 Å². The fraction of sp³-hybridized carbons (Fsp3) is 0.333. The average Bonchev–Trinajstić information content (AvgIpc) is 2.49. The van der Waals surface area contributed by atoms with E-state index in [1.807, 2.05) is 18.2 Å². The lowest BCUT2D eigenvalue weighted by atomic mass is 10.2. The van der Waals surface area contributed by atoms with E-state index in [1.54, 1.807) is 18.9 Å². The Morgan fingerprint density at radius 1 is 1.05 bits per heavy atom. The van der Waals surface area contributed by atoms with E-state index in [0.29, 0.717) is 5.92 Å². The molecule has 0 aromatic heterocycles. The topological polar surface area (TPSA) is 21.3 Å². The van der Waals surface area contributed by atoms with Crippen molar-refractivity contribution in [3.63, 3.8) is 0 Å². The number of hydrogen-bond donors (Lipinski definition) is 1. The number of ether oxygens (including phenoxy) is 1. The standard InChI is InChI=1S/C18H23NOS/c1-14(2)12-19-13-15-8-10-16(11-9-15)21-18-7-5-4-6-17(18)20-3/h4-11,14,19H,12-13H2,1-3H3. The van der Waals surface area contributed by atoms with Crippen molar-refractivity contribution >= 4 is 11.8 Å². The first-order valence-corrected chi connectivity index (χ1v) is 8.11. The first-order valence-electron chi connectivity index (χ1n) is 7.29. The number of rotatable bonds is 7. The van der Waals surface area contributed by atoms with Crippen molar-refractivity contribution in [1.82, 2.24) is 5.32 Å². The summed E-state index contributed by atoms with van der Waals surface area (Å²) in [5, 5.41) is 3.46. The third-order valence-electron chi connectivity index (χ3n) is 3.10. The van der Waals surface area contributed by atoms with Crippen molar-refractivity contribution < 1.29 is 4.74 Å². The Kier molecular flexibility index (Phi) is 6.15. The number of nitrogens with one attached hydrogen (secondary N) is 1. The van der Waals surface area contributed by atoms with E-state index in [0.717, 1.165) is 23.7 Å². The van der Waals surface area contributed by atoms with Crippen LogP contribution in [0.5, 0.6) is 5.75 Å². The van der Waals surface area contributed by atoms with E-state index < -0.39 is 0 Å². The van der Waals surface area contributed by atoms with Gasteiger partial charge in [0, 0.05) is 11.4 Å². The molecule has 0 saturated carbocycles. The molecule has 0 fully saturated rings. The Hall–Kier alpha value is -1.45. The highest BCUT2D eigenvalue weighted by molar-refractivity contribution is 7.99. The molecule has 0 aliphatic rings. The maximum atomic E-state index is 5.39. The van der Waals surface area contributed by atoms with Gasteiger partial charge in [0.25, 0.3) is 0 Å². The van der Waals surface area contributed by atoms with Gasteiger partial charge in [0.15, 0.2) is 0 Å². The van der Waals surface area contributed by atoms with E-state index in [2.05, 4.69) is 49.5 Å². The van der Waals surface area contributed by atoms with Gasteiger partial charge in [-0.25, -0.2) is 0 Å². The second kappa shape index (κ2) is 8.11. The van der Waals surface area contributed by atoms with Crippen LogP contribution in [0.2, 0.25) is 0 Å². The van der Waals surface area contributed by atoms with Gasteiger partial charge in [0.05, 0.1) is 12.0 Å². The normalized spacial score (nSPS) is 10.9. The SMILES string of the molecule is COc1ccccc1Sc1ccc(CNCC(C)C)cc1. The molecule has 2 aromatic carbocycles. The van der Waals surface area contributed by atoms with Crippen LogP contribution in [0.3, 0.4) is 0 Å². The average molecular weight is 301 g/mol. The van der Waals surface area contributed by atoms with Crippen molar-refractivity contribution in [2.75, 3.05) is 13.7 Å². The smallest absolute Gasteiger partial charge is 0.132 e. The Bertz CT molecular complexity index is 551. The molecule has 112 valence electrons. The molecule has 0 heterocycles. The predicted molar refractivity (Wildman–Crippen MR) is 90.1 cm³/mol. The summed E-state index contributed by atoms with van der Waals surface area (Å²) in [5.41, 5.74) is 1.32. The lowest BCUT2D eigenvalue weighted by Gasteiger charge is -2.09. The molecular formula is C18H23NOS. The second-order valence-corrected chi connectivity index (χ2v) is 6.54. The largest absolute Gasteiger partial charge is 0.496 e. The molecule has 0 aliphatic carbocycles. The minimum atomic E-state index is 0.686. The van der Waals surface area contributed by atoms with Crippen LogP contribution < -0.4 is 10.1 Å². The molecule has 0 amide bonds. The molecule has 0 spiro atoms. The van der Waals surface area contributed by atoms with Crippen molar-refractivity contribution in [3.05, 3.63) is 54.1 Å². The van der Waals surface area contributed by atoms with Crippen molar-refractivity contribution in [2.45, 2.75) is 30.2 Å². The van der Waals surface area contributed by atoms with Gasteiger partial charge in [-0.2, -0.15) is 0 Å². The summed E-state index contributed by atoms with van der Waals surface area (Å²) in [4.78, 5) is 2.37. The van der Waals surface area contributed by atoms with Gasteiger partial charge in [-0.05, 0) is 42.3 Å². The fourth-order valence-electron chi connectivity index (χ4n) is 2.01. The minimum absolute atomic E-state index is 0.686. The van der Waals surface area contributed by atoms with Gasteiger partial charge in [-0.3, -0.25) is 0 Å². The zero-order chi connectivity index (χ0) is 15.1. The summed E-state index contributed by atoms with van der Waals surface area (Å²) in [7, 11) is 1.71. The zero-order valence-corrected chi connectivity index (χ0v) is 13.7. The maximum Gasteiger partial charge on any atom is 0.132 e. The molecule has 0 radical (unpaired) electrons. The number of hydrogen-bond acceptors (Lipinski definition) is 3. The summed E-state index contributed by atoms with van der Waals surface area (Å²) in [6.45, 7) is 6.43. The van der Waals surface area contributed by atoms with Gasteiger partial charge in [0.2, 0.25) is 0 Å². The summed E-state index contributed by atoms with van der Waals surface area (Å²) in [5.74, 6) is 1.61. The summed E-state index contributed by atoms with van der Waals surface area (Å²) < 4.78 is 5.39. The lowest BCUT2D eigenvalue weighted by molar-refractivity contribution is 0.405. The van der Waals surface area contributed by atoms with E-state index in [9.17, 15) is 0 Å². The Morgan fingerprint density at radius 3 is 2.43 bits per heavy atom. The van der Waals surface area contributed by atoms with Crippen LogP contribution in [0.15, 0.2) is 58.3 Å². The van der Waals surface area contributed by atoms with Crippen molar-refractivity contribution in [3.8, 4) is 5.75 Å². The van der Waals surface area contributed by atoms with Gasteiger partial charge in [0.1, 0.15) is 5.75 Å². The van der Waals surface area contributed by atoms with Crippen LogP contribution in [-0.2, 0) is 6.54 Å². The number of para-hydroxylation sites is 1. The van der Waals surface area contributed by atoms with E-state index >= 15 is 0 Å². The molecule has 0 bridgehead atoms. The van der Waals surface area contributed by atoms with E-state index in [4.69, 9.17) is 4.74 Å². The highest BCUT2D eigenvalue weighted by Gasteiger charge is 2.04. The van der Waals surface area contributed by atoms with Crippen LogP contribution >= 0.6 is 11.8 Å². The first-order chi connectivity index (χ1) is 10.2. The van der Waals surface area contributed by atoms with Gasteiger partial charge >= 0.3 is 0 Å². The number of methoxy groups -OCH3 is 1. The van der Waals surface area contributed by atoms with Gasteiger partial charge in [-0.15, -0.1) is 0 Å². The zero-order valence-electron chi connectivity index (χ0n) is 12.9. The quantitative estimate of drug-likeness (QED) is 0.808. The van der Waals surface area contributed by atoms with Gasteiger partial charge < -0.3 is 10.1 Å². The lowest BCUT2D eigenvalue weighted by Crippen LogP contribution is -2.18. The van der Waals surface area contributed by atoms with E-state index in [1.165, 1.54) is 10.5 Å². The predicted octanol–water partition coefficient (Wildman–Crippen LogP) is 4.59. The summed E-state index contributed by atoms with van der Waals surface area (Å²) >= 11 is 1.73. The van der Waals surface area contributed by atoms with Crippen LogP contribution in [-0.4, -0.2) is 13.7 Å². The van der Waals surface area contributed by atoms with E-state index in [-0.39, 0.29) is 0 Å². The summed E-state index contributed by atoms with van der Waals surface area (Å²) in [6, 6.07) is 16.8. The van der Waals surface area contributed by atoms with Crippen LogP contribution in [0, 0.1) is 5.92 Å². The molecule has 0 atom stereocenters. The first kappa shape index (κ1) is 15.9. The van der Waals surface area contributed by atoms with Crippen LogP contribution in [0.1, 0.15) is 19.4 Å². The van der Waals surface area contributed by atoms with Crippen LogP contribution in [0.4, 0.5) is 0 Å². The molecule has 0 unspecified atom stereocenters. The summed E-state index contributed by atoms with van der Waals surface area (Å²) in [6.07, 6.45) is 0.